The molecule has 0 radical (unpaired) electrons. The van der Waals surface area contributed by atoms with Crippen molar-refractivity contribution in [3.8, 4) is 0 Å². The molecule has 9 N–H and O–H groups in total. The minimum Gasteiger partial charge on any atom is -0.394 e. The molecule has 14 heteroatoms. The number of aliphatic hydroxyl groups excluding tert-OH is 8. The van der Waals surface area contributed by atoms with E-state index in [0.717, 1.165) is 77.0 Å². The SMILES string of the molecule is CCC/C=C\C/C=C\CCCCCCCC(=O)NC(COC1OC(CO)C(OC2OC(CO)C(O)C(O)C2O)C(O)C1O)C(O)/C=C/CCCCCCCC. The average molecular weight is 788 g/mol. The van der Waals surface area contributed by atoms with E-state index >= 15 is 0 Å². The lowest BCUT2D eigenvalue weighted by Crippen LogP contribution is -2.65. The summed E-state index contributed by atoms with van der Waals surface area (Å²) in [6.45, 7) is 2.61. The molecule has 320 valence electrons. The molecule has 1 amide bonds. The van der Waals surface area contributed by atoms with Crippen LogP contribution in [0.1, 0.15) is 123 Å². The Bertz CT molecular complexity index is 1070. The van der Waals surface area contributed by atoms with Crippen LogP contribution in [-0.4, -0.2) is 140 Å². The van der Waals surface area contributed by atoms with Crippen molar-refractivity contribution in [2.45, 2.75) is 197 Å². The minimum absolute atomic E-state index is 0.262. The van der Waals surface area contributed by atoms with Gasteiger partial charge in [0.05, 0.1) is 32.0 Å². The molecule has 12 unspecified atom stereocenters. The molecule has 12 atom stereocenters. The smallest absolute Gasteiger partial charge is 0.220 e. The van der Waals surface area contributed by atoms with Crippen LogP contribution in [0.4, 0.5) is 0 Å². The van der Waals surface area contributed by atoms with E-state index in [4.69, 9.17) is 18.9 Å². The molecular formula is C41H73NO13. The van der Waals surface area contributed by atoms with Gasteiger partial charge in [-0.05, 0) is 44.9 Å². The highest BCUT2D eigenvalue weighted by atomic mass is 16.7. The first-order valence-corrected chi connectivity index (χ1v) is 20.7. The predicted molar refractivity (Wildman–Crippen MR) is 208 cm³/mol. The van der Waals surface area contributed by atoms with Crippen LogP contribution in [0.5, 0.6) is 0 Å². The van der Waals surface area contributed by atoms with E-state index in [1.165, 1.54) is 19.3 Å². The van der Waals surface area contributed by atoms with Crippen LogP contribution in [0.25, 0.3) is 0 Å². The number of nitrogens with one attached hydrogen (secondary N) is 1. The van der Waals surface area contributed by atoms with E-state index in [1.807, 2.05) is 6.08 Å². The van der Waals surface area contributed by atoms with Crippen molar-refractivity contribution in [1.82, 2.24) is 5.32 Å². The lowest BCUT2D eigenvalue weighted by Gasteiger charge is -2.46. The molecule has 55 heavy (non-hydrogen) atoms. The molecule has 0 saturated carbocycles. The number of hydrogen-bond donors (Lipinski definition) is 9. The highest BCUT2D eigenvalue weighted by Crippen LogP contribution is 2.29. The first kappa shape index (κ1) is 49.4. The molecule has 2 saturated heterocycles. The summed E-state index contributed by atoms with van der Waals surface area (Å²) in [7, 11) is 0. The highest BCUT2D eigenvalue weighted by molar-refractivity contribution is 5.76. The van der Waals surface area contributed by atoms with Gasteiger partial charge in [-0.15, -0.1) is 0 Å². The molecule has 0 aliphatic carbocycles. The van der Waals surface area contributed by atoms with Gasteiger partial charge < -0.3 is 65.1 Å². The molecule has 0 aromatic carbocycles. The van der Waals surface area contributed by atoms with Crippen molar-refractivity contribution < 1.29 is 64.6 Å². The second kappa shape index (κ2) is 29.4. The Kier molecular flexibility index (Phi) is 26.4. The third-order valence-electron chi connectivity index (χ3n) is 10.1. The molecule has 2 aliphatic rings. The van der Waals surface area contributed by atoms with Gasteiger partial charge in [0.15, 0.2) is 12.6 Å². The van der Waals surface area contributed by atoms with Crippen molar-refractivity contribution in [3.63, 3.8) is 0 Å². The first-order chi connectivity index (χ1) is 26.6. The lowest BCUT2D eigenvalue weighted by atomic mass is 9.97. The van der Waals surface area contributed by atoms with Gasteiger partial charge in [-0.1, -0.05) is 108 Å². The van der Waals surface area contributed by atoms with Crippen molar-refractivity contribution >= 4 is 5.91 Å². The summed E-state index contributed by atoms with van der Waals surface area (Å²) in [4.78, 5) is 13.0. The first-order valence-electron chi connectivity index (χ1n) is 20.7. The number of allylic oxidation sites excluding steroid dienone is 5. The Hall–Kier alpha value is -1.79. The maximum Gasteiger partial charge on any atom is 0.220 e. The van der Waals surface area contributed by atoms with Gasteiger partial charge in [0.1, 0.15) is 48.8 Å². The molecule has 2 heterocycles. The molecule has 0 bridgehead atoms. The summed E-state index contributed by atoms with van der Waals surface area (Å²) in [6.07, 6.45) is 12.2. The van der Waals surface area contributed by atoms with Gasteiger partial charge in [-0.25, -0.2) is 0 Å². The van der Waals surface area contributed by atoms with Gasteiger partial charge in [0.25, 0.3) is 0 Å². The summed E-state index contributed by atoms with van der Waals surface area (Å²) >= 11 is 0. The lowest BCUT2D eigenvalue weighted by molar-refractivity contribution is -0.359. The summed E-state index contributed by atoms with van der Waals surface area (Å²) in [5.74, 6) is -0.262. The Morgan fingerprint density at radius 1 is 0.655 bits per heavy atom. The number of unbranched alkanes of at least 4 members (excludes halogenated alkanes) is 12. The largest absolute Gasteiger partial charge is 0.394 e. The molecule has 2 fully saturated rings. The van der Waals surface area contributed by atoms with Gasteiger partial charge in [0, 0.05) is 6.42 Å². The number of amides is 1. The molecule has 0 aromatic heterocycles. The second-order valence-electron chi connectivity index (χ2n) is 14.8. The van der Waals surface area contributed by atoms with Crippen LogP contribution >= 0.6 is 0 Å². The van der Waals surface area contributed by atoms with E-state index < -0.39 is 86.8 Å². The maximum absolute atomic E-state index is 13.0. The van der Waals surface area contributed by atoms with E-state index in [9.17, 15) is 45.6 Å². The van der Waals surface area contributed by atoms with Gasteiger partial charge in [-0.2, -0.15) is 0 Å². The molecule has 14 nitrogen and oxygen atoms in total. The Morgan fingerprint density at radius 3 is 1.89 bits per heavy atom. The standard InChI is InChI=1S/C41H73NO13/c1-3-5-7-9-11-13-14-15-16-17-19-21-23-25-33(46)42-29(30(45)24-22-20-18-12-10-8-6-4-2)28-52-40-38(51)36(49)39(32(27-44)54-40)55-41-37(50)35(48)34(47)31(26-43)53-41/h7,9,13-14,22,24,29-32,34-41,43-45,47-51H,3-6,8,10-12,15-21,23,25-28H2,1-2H3,(H,42,46)/b9-7-,14-13-,24-22+. The zero-order chi connectivity index (χ0) is 40.4. The third-order valence-corrected chi connectivity index (χ3v) is 10.1. The normalized spacial score (nSPS) is 30.1. The molecule has 2 aliphatic heterocycles. The van der Waals surface area contributed by atoms with Crippen LogP contribution < -0.4 is 5.32 Å². The zero-order valence-electron chi connectivity index (χ0n) is 33.2. The molecule has 2 rings (SSSR count). The molecule has 0 spiro atoms. The number of aliphatic hydroxyl groups is 8. The van der Waals surface area contributed by atoms with Crippen LogP contribution in [0.15, 0.2) is 36.5 Å². The average Bonchev–Trinajstić information content (AvgIpc) is 3.18. The van der Waals surface area contributed by atoms with Crippen molar-refractivity contribution in [2.24, 2.45) is 0 Å². The van der Waals surface area contributed by atoms with Crippen molar-refractivity contribution in [2.75, 3.05) is 19.8 Å². The van der Waals surface area contributed by atoms with Gasteiger partial charge >= 0.3 is 0 Å². The van der Waals surface area contributed by atoms with Gasteiger partial charge in [-0.3, -0.25) is 4.79 Å². The fraction of sp³-hybridized carbons (Fsp3) is 0.829. The van der Waals surface area contributed by atoms with Crippen molar-refractivity contribution in [3.05, 3.63) is 36.5 Å². The van der Waals surface area contributed by atoms with E-state index in [0.29, 0.717) is 6.42 Å². The second-order valence-corrected chi connectivity index (χ2v) is 14.8. The molecular weight excluding hydrogens is 714 g/mol. The van der Waals surface area contributed by atoms with Crippen molar-refractivity contribution in [1.29, 1.82) is 0 Å². The fourth-order valence-electron chi connectivity index (χ4n) is 6.56. The fourth-order valence-corrected chi connectivity index (χ4v) is 6.56. The van der Waals surface area contributed by atoms with Crippen LogP contribution in [0.3, 0.4) is 0 Å². The highest BCUT2D eigenvalue weighted by Gasteiger charge is 2.50. The van der Waals surface area contributed by atoms with E-state index in [2.05, 4.69) is 43.5 Å². The number of ether oxygens (including phenoxy) is 4. The van der Waals surface area contributed by atoms with E-state index in [-0.39, 0.29) is 18.9 Å². The number of hydrogen-bond acceptors (Lipinski definition) is 13. The van der Waals surface area contributed by atoms with E-state index in [1.54, 1.807) is 6.08 Å². The Labute approximate surface area is 328 Å². The maximum atomic E-state index is 13.0. The number of carbonyl (C=O) groups excluding carboxylic acids is 1. The Balaban J connectivity index is 1.93. The van der Waals surface area contributed by atoms with Crippen LogP contribution in [0.2, 0.25) is 0 Å². The predicted octanol–water partition coefficient (Wildman–Crippen LogP) is 2.81. The third kappa shape index (κ3) is 18.6. The zero-order valence-corrected chi connectivity index (χ0v) is 33.2. The number of carbonyl (C=O) groups is 1. The summed E-state index contributed by atoms with van der Waals surface area (Å²) in [5.41, 5.74) is 0. The monoisotopic (exact) mass is 788 g/mol. The number of rotatable bonds is 29. The molecule has 0 aromatic rings. The summed E-state index contributed by atoms with van der Waals surface area (Å²) in [6, 6.07) is -0.916. The van der Waals surface area contributed by atoms with Crippen LogP contribution in [-0.2, 0) is 23.7 Å². The van der Waals surface area contributed by atoms with Crippen LogP contribution in [0, 0.1) is 0 Å². The van der Waals surface area contributed by atoms with Gasteiger partial charge in [0.2, 0.25) is 5.91 Å². The summed E-state index contributed by atoms with van der Waals surface area (Å²) in [5, 5.41) is 86.0. The summed E-state index contributed by atoms with van der Waals surface area (Å²) < 4.78 is 22.5. The topological polar surface area (TPSA) is 228 Å². The quantitative estimate of drug-likeness (QED) is 0.0393. The minimum atomic E-state index is -1.79. The Morgan fingerprint density at radius 2 is 1.24 bits per heavy atom.